The number of nitrogens with zero attached hydrogens (tertiary/aromatic N) is 1. The number of carbonyl (C=O) groups is 3. The van der Waals surface area contributed by atoms with Gasteiger partial charge in [-0.2, -0.15) is 0 Å². The summed E-state index contributed by atoms with van der Waals surface area (Å²) in [7, 11) is 1.58. The van der Waals surface area contributed by atoms with Crippen LogP contribution in [0.1, 0.15) is 17.9 Å². The van der Waals surface area contributed by atoms with E-state index in [1.54, 1.807) is 43.5 Å². The van der Waals surface area contributed by atoms with Crippen LogP contribution in [-0.2, 0) is 9.59 Å². The van der Waals surface area contributed by atoms with Crippen LogP contribution in [0.4, 0.5) is 10.5 Å². The molecule has 0 saturated carbocycles. The largest absolute Gasteiger partial charge is 0.497 e. The lowest BCUT2D eigenvalue weighted by Crippen LogP contribution is -2.56. The summed E-state index contributed by atoms with van der Waals surface area (Å²) < 4.78 is 5.19. The zero-order chi connectivity index (χ0) is 21.7. The van der Waals surface area contributed by atoms with Crippen LogP contribution in [0.3, 0.4) is 0 Å². The van der Waals surface area contributed by atoms with Crippen LogP contribution in [0.2, 0.25) is 5.02 Å². The molecule has 0 unspecified atom stereocenters. The first-order valence-corrected chi connectivity index (χ1v) is 9.76. The second kappa shape index (κ2) is 9.49. The zero-order valence-corrected chi connectivity index (χ0v) is 17.2. The number of nitrogens with one attached hydrogen (secondary N) is 2. The maximum atomic E-state index is 12.6. The molecule has 4 N–H and O–H groups in total. The molecule has 1 heterocycles. The van der Waals surface area contributed by atoms with Crippen molar-refractivity contribution in [2.45, 2.75) is 18.4 Å². The van der Waals surface area contributed by atoms with Gasteiger partial charge >= 0.3 is 6.03 Å². The van der Waals surface area contributed by atoms with Crippen molar-refractivity contribution in [1.82, 2.24) is 10.2 Å². The van der Waals surface area contributed by atoms with Gasteiger partial charge in [-0.25, -0.2) is 4.79 Å². The van der Waals surface area contributed by atoms with Crippen LogP contribution in [-0.4, -0.2) is 49.0 Å². The number of urea groups is 1. The minimum Gasteiger partial charge on any atom is -0.497 e. The number of halogens is 1. The number of amides is 4. The summed E-state index contributed by atoms with van der Waals surface area (Å²) in [5.41, 5.74) is 6.74. The molecule has 4 amide bonds. The van der Waals surface area contributed by atoms with Crippen LogP contribution >= 0.6 is 11.6 Å². The number of primary amides is 1. The van der Waals surface area contributed by atoms with Gasteiger partial charge in [-0.05, 0) is 42.0 Å². The monoisotopic (exact) mass is 430 g/mol. The fourth-order valence-electron chi connectivity index (χ4n) is 3.48. The molecule has 0 aliphatic carbocycles. The van der Waals surface area contributed by atoms with Crippen molar-refractivity contribution in [3.05, 3.63) is 59.1 Å². The Morgan fingerprint density at radius 2 is 1.83 bits per heavy atom. The summed E-state index contributed by atoms with van der Waals surface area (Å²) in [4.78, 5) is 37.8. The Bertz CT molecular complexity index is 918. The normalized spacial score (nSPS) is 18.6. The van der Waals surface area contributed by atoms with E-state index in [0.29, 0.717) is 16.5 Å². The van der Waals surface area contributed by atoms with Gasteiger partial charge in [-0.1, -0.05) is 23.7 Å². The maximum Gasteiger partial charge on any atom is 0.319 e. The molecule has 3 rings (SSSR count). The van der Waals surface area contributed by atoms with E-state index in [1.807, 2.05) is 12.1 Å². The van der Waals surface area contributed by atoms with Crippen LogP contribution in [0.15, 0.2) is 48.5 Å². The molecule has 1 saturated heterocycles. The molecule has 8 nitrogen and oxygen atoms in total. The van der Waals surface area contributed by atoms with E-state index >= 15 is 0 Å². The average Bonchev–Trinajstić information content (AvgIpc) is 2.71. The Morgan fingerprint density at radius 1 is 1.17 bits per heavy atom. The molecule has 30 heavy (non-hydrogen) atoms. The minimum atomic E-state index is -0.601. The second-order valence-electron chi connectivity index (χ2n) is 7.04. The lowest BCUT2D eigenvalue weighted by Gasteiger charge is -2.38. The fraction of sp³-hybridized carbons (Fsp3) is 0.286. The number of hydrogen-bond donors (Lipinski definition) is 3. The highest BCUT2D eigenvalue weighted by Gasteiger charge is 2.36. The van der Waals surface area contributed by atoms with E-state index in [2.05, 4.69) is 10.6 Å². The van der Waals surface area contributed by atoms with Gasteiger partial charge in [0.05, 0.1) is 19.7 Å². The third kappa shape index (κ3) is 5.42. The van der Waals surface area contributed by atoms with Crippen molar-refractivity contribution in [2.24, 2.45) is 5.73 Å². The fourth-order valence-corrected chi connectivity index (χ4v) is 3.61. The molecular weight excluding hydrogens is 408 g/mol. The molecule has 1 fully saturated rings. The van der Waals surface area contributed by atoms with Crippen LogP contribution in [0.25, 0.3) is 0 Å². The van der Waals surface area contributed by atoms with Crippen molar-refractivity contribution >= 4 is 35.1 Å². The van der Waals surface area contributed by atoms with Gasteiger partial charge in [0.15, 0.2) is 0 Å². The van der Waals surface area contributed by atoms with Gasteiger partial charge < -0.3 is 26.0 Å². The number of piperidine rings is 1. The SMILES string of the molecule is COc1ccc([C@H]2CC(=O)N(CC(N)=O)C[C@@H]2NC(=O)Nc2ccc(Cl)cc2)cc1. The number of rotatable bonds is 6. The summed E-state index contributed by atoms with van der Waals surface area (Å²) in [5.74, 6) is -0.355. The van der Waals surface area contributed by atoms with E-state index < -0.39 is 18.0 Å². The summed E-state index contributed by atoms with van der Waals surface area (Å²) in [6.45, 7) is -0.0162. The topological polar surface area (TPSA) is 114 Å². The van der Waals surface area contributed by atoms with E-state index in [0.717, 1.165) is 5.56 Å². The Hall–Kier alpha value is -3.26. The van der Waals surface area contributed by atoms with Crippen LogP contribution in [0.5, 0.6) is 5.75 Å². The number of carbonyl (C=O) groups excluding carboxylic acids is 3. The van der Waals surface area contributed by atoms with Crippen LogP contribution in [0, 0.1) is 0 Å². The smallest absolute Gasteiger partial charge is 0.319 e. The second-order valence-corrected chi connectivity index (χ2v) is 7.47. The molecule has 0 bridgehead atoms. The highest BCUT2D eigenvalue weighted by atomic mass is 35.5. The third-order valence-corrected chi connectivity index (χ3v) is 5.21. The number of hydrogen-bond acceptors (Lipinski definition) is 4. The Balaban J connectivity index is 1.78. The Morgan fingerprint density at radius 3 is 2.43 bits per heavy atom. The van der Waals surface area contributed by atoms with Gasteiger partial charge in [-0.3, -0.25) is 9.59 Å². The highest BCUT2D eigenvalue weighted by molar-refractivity contribution is 6.30. The van der Waals surface area contributed by atoms with E-state index in [-0.39, 0.29) is 31.3 Å². The molecule has 158 valence electrons. The summed E-state index contributed by atoms with van der Waals surface area (Å²) in [5, 5.41) is 6.24. The highest BCUT2D eigenvalue weighted by Crippen LogP contribution is 2.30. The number of likely N-dealkylation sites (tertiary alicyclic amines) is 1. The van der Waals surface area contributed by atoms with E-state index in [1.165, 1.54) is 4.90 Å². The zero-order valence-electron chi connectivity index (χ0n) is 16.4. The molecule has 2 atom stereocenters. The first-order chi connectivity index (χ1) is 14.4. The van der Waals surface area contributed by atoms with Crippen molar-refractivity contribution in [1.29, 1.82) is 0 Å². The molecule has 1 aliphatic rings. The quantitative estimate of drug-likeness (QED) is 0.652. The predicted octanol–water partition coefficient (Wildman–Crippen LogP) is 2.34. The lowest BCUT2D eigenvalue weighted by molar-refractivity contribution is -0.138. The average molecular weight is 431 g/mol. The molecular formula is C21H23ClN4O4. The maximum absolute atomic E-state index is 12.6. The molecule has 0 radical (unpaired) electrons. The number of benzene rings is 2. The van der Waals surface area contributed by atoms with Gasteiger partial charge in [0.1, 0.15) is 5.75 Å². The lowest BCUT2D eigenvalue weighted by atomic mass is 9.84. The van der Waals surface area contributed by atoms with Crippen molar-refractivity contribution in [3.63, 3.8) is 0 Å². The molecule has 1 aliphatic heterocycles. The van der Waals surface area contributed by atoms with E-state index in [9.17, 15) is 14.4 Å². The van der Waals surface area contributed by atoms with Crippen molar-refractivity contribution in [3.8, 4) is 5.75 Å². The standard InChI is InChI=1S/C21H23ClN4O4/c1-30-16-8-2-13(3-9-16)17-10-20(28)26(12-19(23)27)11-18(17)25-21(29)24-15-6-4-14(22)5-7-15/h2-9,17-18H,10-12H2,1H3,(H2,23,27)(H2,24,25,29)/t17-,18+/m1/s1. The molecule has 0 spiro atoms. The van der Waals surface area contributed by atoms with Gasteiger partial charge in [0, 0.05) is 29.6 Å². The van der Waals surface area contributed by atoms with Gasteiger partial charge in [0.2, 0.25) is 11.8 Å². The Kier molecular flexibility index (Phi) is 6.79. The molecule has 9 heteroatoms. The predicted molar refractivity (Wildman–Crippen MR) is 114 cm³/mol. The van der Waals surface area contributed by atoms with Crippen molar-refractivity contribution < 1.29 is 19.1 Å². The first kappa shape index (κ1) is 21.4. The molecule has 2 aromatic rings. The first-order valence-electron chi connectivity index (χ1n) is 9.39. The third-order valence-electron chi connectivity index (χ3n) is 4.96. The summed E-state index contributed by atoms with van der Waals surface area (Å²) in [6.07, 6.45) is 0.144. The number of ether oxygens (including phenoxy) is 1. The molecule has 0 aromatic heterocycles. The van der Waals surface area contributed by atoms with Crippen LogP contribution < -0.4 is 21.1 Å². The van der Waals surface area contributed by atoms with Crippen molar-refractivity contribution in [2.75, 3.05) is 25.5 Å². The number of methoxy groups -OCH3 is 1. The van der Waals surface area contributed by atoms with E-state index in [4.69, 9.17) is 22.1 Å². The number of nitrogens with two attached hydrogens (primary N) is 1. The minimum absolute atomic E-state index is 0.144. The molecule has 2 aromatic carbocycles. The number of anilines is 1. The summed E-state index contributed by atoms with van der Waals surface area (Å²) >= 11 is 5.87. The van der Waals surface area contributed by atoms with Gasteiger partial charge in [0.25, 0.3) is 0 Å². The Labute approximate surface area is 179 Å². The van der Waals surface area contributed by atoms with Gasteiger partial charge in [-0.15, -0.1) is 0 Å². The summed E-state index contributed by atoms with van der Waals surface area (Å²) in [6, 6.07) is 13.2.